The predicted molar refractivity (Wildman–Crippen MR) is 82.7 cm³/mol. The van der Waals surface area contributed by atoms with E-state index >= 15 is 0 Å². The van der Waals surface area contributed by atoms with Gasteiger partial charge in [0, 0.05) is 26.8 Å². The van der Waals surface area contributed by atoms with E-state index in [4.69, 9.17) is 0 Å². The Bertz CT molecular complexity index is 371. The van der Waals surface area contributed by atoms with Crippen LogP contribution in [0.4, 0.5) is 0 Å². The van der Waals surface area contributed by atoms with E-state index in [1.54, 1.807) is 0 Å². The van der Waals surface area contributed by atoms with Crippen LogP contribution in [-0.4, -0.2) is 12.6 Å². The molecule has 0 bridgehead atoms. The molecule has 1 heterocycles. The highest BCUT2D eigenvalue weighted by molar-refractivity contribution is 9.10. The van der Waals surface area contributed by atoms with Crippen molar-refractivity contribution < 1.29 is 0 Å². The summed E-state index contributed by atoms with van der Waals surface area (Å²) in [5, 5.41) is 3.49. The van der Waals surface area contributed by atoms with E-state index < -0.39 is 0 Å². The molecule has 0 aliphatic carbocycles. The van der Waals surface area contributed by atoms with Gasteiger partial charge in [-0.05, 0) is 40.9 Å². The van der Waals surface area contributed by atoms with E-state index in [1.807, 2.05) is 11.3 Å². The molecule has 0 aliphatic heterocycles. The zero-order chi connectivity index (χ0) is 13.0. The lowest BCUT2D eigenvalue weighted by Crippen LogP contribution is -2.26. The summed E-state index contributed by atoms with van der Waals surface area (Å²) in [7, 11) is 0. The third-order valence-electron chi connectivity index (χ3n) is 2.66. The fourth-order valence-corrected chi connectivity index (χ4v) is 3.02. The lowest BCUT2D eigenvalue weighted by molar-refractivity contribution is 0.593. The average molecular weight is 316 g/mol. The molecule has 0 atom stereocenters. The highest BCUT2D eigenvalue weighted by atomic mass is 79.9. The molecule has 1 N–H and O–H groups in total. The van der Waals surface area contributed by atoms with E-state index in [2.05, 4.69) is 68.0 Å². The first-order valence-corrected chi connectivity index (χ1v) is 7.71. The molecule has 1 aromatic rings. The third-order valence-corrected chi connectivity index (χ3v) is 4.74. The van der Waals surface area contributed by atoms with Gasteiger partial charge in [-0.15, -0.1) is 11.3 Å². The molecule has 17 heavy (non-hydrogen) atoms. The number of hydrogen-bond acceptors (Lipinski definition) is 2. The van der Waals surface area contributed by atoms with Gasteiger partial charge in [-0.2, -0.15) is 0 Å². The third kappa shape index (κ3) is 4.94. The van der Waals surface area contributed by atoms with Crippen molar-refractivity contribution in [3.8, 4) is 0 Å². The van der Waals surface area contributed by atoms with Crippen LogP contribution in [-0.2, 0) is 0 Å². The maximum Gasteiger partial charge on any atom is 0.0317 e. The average Bonchev–Trinajstić information content (AvgIpc) is 2.52. The lowest BCUT2D eigenvalue weighted by atomic mass is 10.0. The van der Waals surface area contributed by atoms with E-state index in [1.165, 1.54) is 19.8 Å². The summed E-state index contributed by atoms with van der Waals surface area (Å²) in [4.78, 5) is 2.68. The van der Waals surface area contributed by atoms with Crippen LogP contribution in [0.5, 0.6) is 0 Å². The number of thiophene rings is 1. The van der Waals surface area contributed by atoms with E-state index in [0.29, 0.717) is 12.0 Å². The van der Waals surface area contributed by atoms with Gasteiger partial charge in [0.2, 0.25) is 0 Å². The van der Waals surface area contributed by atoms with E-state index in [0.717, 1.165) is 6.54 Å². The van der Waals surface area contributed by atoms with Gasteiger partial charge in [0.05, 0.1) is 0 Å². The summed E-state index contributed by atoms with van der Waals surface area (Å²) in [6.07, 6.45) is 2.32. The highest BCUT2D eigenvalue weighted by Gasteiger charge is 2.07. The highest BCUT2D eigenvalue weighted by Crippen LogP contribution is 2.28. The summed E-state index contributed by atoms with van der Waals surface area (Å²) >= 11 is 5.41. The lowest BCUT2D eigenvalue weighted by Gasteiger charge is -2.14. The van der Waals surface area contributed by atoms with Crippen molar-refractivity contribution in [2.24, 2.45) is 5.92 Å². The first kappa shape index (κ1) is 14.9. The zero-order valence-corrected chi connectivity index (χ0v) is 13.7. The predicted octanol–water partition coefficient (Wildman–Crippen LogP) is 4.86. The molecule has 0 saturated carbocycles. The van der Waals surface area contributed by atoms with Gasteiger partial charge >= 0.3 is 0 Å². The molecule has 3 heteroatoms. The molecule has 1 aromatic heterocycles. The van der Waals surface area contributed by atoms with Crippen LogP contribution >= 0.6 is 27.3 Å². The Morgan fingerprint density at radius 1 is 1.41 bits per heavy atom. The molecule has 0 aliphatic rings. The van der Waals surface area contributed by atoms with Gasteiger partial charge in [-0.3, -0.25) is 0 Å². The van der Waals surface area contributed by atoms with Crippen LogP contribution in [0.2, 0.25) is 0 Å². The quantitative estimate of drug-likeness (QED) is 0.818. The molecular formula is C14H22BrNS. The standard InChI is InChI=1S/C14H22BrNS/c1-9(2)12(8-16-10(3)4)6-13-7-14(15)11(5)17-13/h6-7,9-10,16H,8H2,1-5H3. The molecule has 0 radical (unpaired) electrons. The van der Waals surface area contributed by atoms with Gasteiger partial charge in [0.1, 0.15) is 0 Å². The Morgan fingerprint density at radius 2 is 2.06 bits per heavy atom. The molecule has 1 rings (SSSR count). The molecule has 0 aromatic carbocycles. The first-order chi connectivity index (χ1) is 7.90. The summed E-state index contributed by atoms with van der Waals surface area (Å²) < 4.78 is 1.22. The van der Waals surface area contributed by atoms with Crippen molar-refractivity contribution in [2.75, 3.05) is 6.54 Å². The van der Waals surface area contributed by atoms with Gasteiger partial charge in [0.15, 0.2) is 0 Å². The molecule has 0 unspecified atom stereocenters. The maximum atomic E-state index is 3.57. The number of hydrogen-bond donors (Lipinski definition) is 1. The Morgan fingerprint density at radius 3 is 2.47 bits per heavy atom. The Hall–Kier alpha value is -0.120. The van der Waals surface area contributed by atoms with E-state index in [9.17, 15) is 0 Å². The maximum absolute atomic E-state index is 3.57. The SMILES string of the molecule is Cc1sc(C=C(CNC(C)C)C(C)C)cc1Br. The largest absolute Gasteiger partial charge is 0.311 e. The molecule has 0 spiro atoms. The summed E-state index contributed by atoms with van der Waals surface area (Å²) in [6, 6.07) is 2.74. The molecular weight excluding hydrogens is 294 g/mol. The number of halogens is 1. The van der Waals surface area contributed by atoms with Crippen molar-refractivity contribution in [1.82, 2.24) is 5.32 Å². The van der Waals surface area contributed by atoms with Gasteiger partial charge in [-0.1, -0.05) is 33.3 Å². The van der Waals surface area contributed by atoms with Gasteiger partial charge in [0.25, 0.3) is 0 Å². The fourth-order valence-electron chi connectivity index (χ4n) is 1.48. The number of aryl methyl sites for hydroxylation is 1. The van der Waals surface area contributed by atoms with Crippen molar-refractivity contribution in [3.63, 3.8) is 0 Å². The smallest absolute Gasteiger partial charge is 0.0317 e. The second-order valence-electron chi connectivity index (χ2n) is 4.96. The first-order valence-electron chi connectivity index (χ1n) is 6.10. The second kappa shape index (κ2) is 6.72. The minimum Gasteiger partial charge on any atom is -0.311 e. The molecule has 96 valence electrons. The van der Waals surface area contributed by atoms with E-state index in [-0.39, 0.29) is 0 Å². The molecule has 0 saturated heterocycles. The summed E-state index contributed by atoms with van der Waals surface area (Å²) in [6.45, 7) is 12.0. The van der Waals surface area contributed by atoms with Crippen molar-refractivity contribution >= 4 is 33.3 Å². The van der Waals surface area contributed by atoms with Crippen LogP contribution in [0.15, 0.2) is 16.1 Å². The zero-order valence-electron chi connectivity index (χ0n) is 11.3. The number of rotatable bonds is 5. The van der Waals surface area contributed by atoms with Crippen LogP contribution in [0.1, 0.15) is 37.4 Å². The second-order valence-corrected chi connectivity index (χ2v) is 7.10. The van der Waals surface area contributed by atoms with Crippen LogP contribution in [0, 0.1) is 12.8 Å². The number of nitrogens with one attached hydrogen (secondary N) is 1. The summed E-state index contributed by atoms with van der Waals surface area (Å²) in [5.41, 5.74) is 1.47. The monoisotopic (exact) mass is 315 g/mol. The fraction of sp³-hybridized carbons (Fsp3) is 0.571. The van der Waals surface area contributed by atoms with Crippen molar-refractivity contribution in [2.45, 2.75) is 40.7 Å². The van der Waals surface area contributed by atoms with Crippen LogP contribution in [0.25, 0.3) is 6.08 Å². The minimum absolute atomic E-state index is 0.536. The summed E-state index contributed by atoms with van der Waals surface area (Å²) in [5.74, 6) is 0.586. The Balaban J connectivity index is 2.82. The van der Waals surface area contributed by atoms with Gasteiger partial charge < -0.3 is 5.32 Å². The Kier molecular flexibility index (Phi) is 5.90. The van der Waals surface area contributed by atoms with Crippen molar-refractivity contribution in [1.29, 1.82) is 0 Å². The molecule has 0 fully saturated rings. The van der Waals surface area contributed by atoms with Crippen LogP contribution < -0.4 is 5.32 Å². The minimum atomic E-state index is 0.536. The molecule has 0 amide bonds. The van der Waals surface area contributed by atoms with Gasteiger partial charge in [-0.25, -0.2) is 0 Å². The molecule has 1 nitrogen and oxygen atoms in total. The topological polar surface area (TPSA) is 12.0 Å². The van der Waals surface area contributed by atoms with Crippen LogP contribution in [0.3, 0.4) is 0 Å². The normalized spacial score (nSPS) is 12.8. The van der Waals surface area contributed by atoms with Crippen molar-refractivity contribution in [3.05, 3.63) is 25.9 Å². The Labute approximate surface area is 117 Å².